The van der Waals surface area contributed by atoms with E-state index in [9.17, 15) is 0 Å². The number of hydrogen-bond acceptors (Lipinski definition) is 1. The number of hydrogen-bond donors (Lipinski definition) is 1. The Morgan fingerprint density at radius 1 is 1.00 bits per heavy atom. The fourth-order valence-corrected chi connectivity index (χ4v) is 2.06. The van der Waals surface area contributed by atoms with Crippen LogP contribution < -0.4 is 0 Å². The highest BCUT2D eigenvalue weighted by molar-refractivity contribution is 6.00. The molecule has 0 aliphatic carbocycles. The molecule has 17 heavy (non-hydrogen) atoms. The van der Waals surface area contributed by atoms with Gasteiger partial charge < -0.3 is 4.90 Å². The Kier molecular flexibility index (Phi) is 3.43. The first-order valence-electron chi connectivity index (χ1n) is 6.09. The van der Waals surface area contributed by atoms with E-state index in [0.29, 0.717) is 5.84 Å². The summed E-state index contributed by atoms with van der Waals surface area (Å²) in [5, 5.41) is 10.6. The second-order valence-electron chi connectivity index (χ2n) is 4.08. The minimum atomic E-state index is 0.612. The SMILES string of the molecule is CCN(CC)C(=N)c1ccc2ccccc2c1. The quantitative estimate of drug-likeness (QED) is 0.629. The fraction of sp³-hybridized carbons (Fsp3) is 0.267. The number of amidine groups is 1. The Labute approximate surface area is 102 Å². The van der Waals surface area contributed by atoms with Crippen LogP contribution in [0.4, 0.5) is 0 Å². The molecule has 0 aliphatic rings. The average Bonchev–Trinajstić information content (AvgIpc) is 2.39. The van der Waals surface area contributed by atoms with E-state index in [-0.39, 0.29) is 0 Å². The molecule has 0 aromatic heterocycles. The van der Waals surface area contributed by atoms with E-state index < -0.39 is 0 Å². The lowest BCUT2D eigenvalue weighted by Crippen LogP contribution is -2.30. The van der Waals surface area contributed by atoms with E-state index in [0.717, 1.165) is 18.7 Å². The zero-order valence-corrected chi connectivity index (χ0v) is 10.4. The molecular weight excluding hydrogens is 208 g/mol. The van der Waals surface area contributed by atoms with Gasteiger partial charge in [0, 0.05) is 18.7 Å². The molecule has 88 valence electrons. The normalized spacial score (nSPS) is 10.5. The molecule has 0 spiro atoms. The van der Waals surface area contributed by atoms with Crippen LogP contribution in [0.25, 0.3) is 10.8 Å². The maximum atomic E-state index is 8.19. The zero-order valence-electron chi connectivity index (χ0n) is 10.4. The van der Waals surface area contributed by atoms with Crippen molar-refractivity contribution in [3.05, 3.63) is 48.0 Å². The molecule has 0 amide bonds. The van der Waals surface area contributed by atoms with Crippen LogP contribution in [0.3, 0.4) is 0 Å². The minimum absolute atomic E-state index is 0.612. The van der Waals surface area contributed by atoms with E-state index in [1.807, 2.05) is 18.2 Å². The van der Waals surface area contributed by atoms with E-state index in [1.54, 1.807) is 0 Å². The summed E-state index contributed by atoms with van der Waals surface area (Å²) in [5.41, 5.74) is 0.993. The number of nitrogens with one attached hydrogen (secondary N) is 1. The van der Waals surface area contributed by atoms with E-state index in [1.165, 1.54) is 10.8 Å². The van der Waals surface area contributed by atoms with Crippen molar-refractivity contribution in [3.8, 4) is 0 Å². The molecule has 0 aliphatic heterocycles. The third-order valence-corrected chi connectivity index (χ3v) is 3.10. The topological polar surface area (TPSA) is 27.1 Å². The Bertz CT molecular complexity index is 527. The van der Waals surface area contributed by atoms with E-state index in [4.69, 9.17) is 5.41 Å². The predicted molar refractivity (Wildman–Crippen MR) is 73.7 cm³/mol. The second-order valence-corrected chi connectivity index (χ2v) is 4.08. The van der Waals surface area contributed by atoms with Gasteiger partial charge in [-0.25, -0.2) is 0 Å². The standard InChI is InChI=1S/C15H18N2/c1-3-17(4-2)15(16)14-10-9-12-7-5-6-8-13(12)11-14/h5-11,16H,3-4H2,1-2H3. The first-order chi connectivity index (χ1) is 8.26. The van der Waals surface area contributed by atoms with Gasteiger partial charge in [0.15, 0.2) is 0 Å². The third-order valence-electron chi connectivity index (χ3n) is 3.10. The van der Waals surface area contributed by atoms with Crippen molar-refractivity contribution in [2.45, 2.75) is 13.8 Å². The van der Waals surface area contributed by atoms with Crippen molar-refractivity contribution in [2.75, 3.05) is 13.1 Å². The van der Waals surface area contributed by atoms with Gasteiger partial charge in [0.25, 0.3) is 0 Å². The molecule has 0 saturated heterocycles. The average molecular weight is 226 g/mol. The molecule has 2 heteroatoms. The highest BCUT2D eigenvalue weighted by Gasteiger charge is 2.08. The lowest BCUT2D eigenvalue weighted by Gasteiger charge is -2.21. The zero-order chi connectivity index (χ0) is 12.3. The molecule has 0 bridgehead atoms. The summed E-state index contributed by atoms with van der Waals surface area (Å²) in [6.45, 7) is 5.92. The maximum absolute atomic E-state index is 8.19. The minimum Gasteiger partial charge on any atom is -0.357 e. The number of fused-ring (bicyclic) bond motifs is 1. The fourth-order valence-electron chi connectivity index (χ4n) is 2.06. The Balaban J connectivity index is 2.39. The lowest BCUT2D eigenvalue weighted by atomic mass is 10.1. The van der Waals surface area contributed by atoms with Crippen molar-refractivity contribution >= 4 is 16.6 Å². The molecule has 0 radical (unpaired) electrons. The first-order valence-corrected chi connectivity index (χ1v) is 6.09. The summed E-state index contributed by atoms with van der Waals surface area (Å²) >= 11 is 0. The van der Waals surface area contributed by atoms with Crippen molar-refractivity contribution in [1.29, 1.82) is 5.41 Å². The van der Waals surface area contributed by atoms with Crippen LogP contribution in [0.1, 0.15) is 19.4 Å². The number of rotatable bonds is 3. The van der Waals surface area contributed by atoms with E-state index >= 15 is 0 Å². The van der Waals surface area contributed by atoms with Crippen molar-refractivity contribution in [1.82, 2.24) is 4.90 Å². The number of nitrogens with zero attached hydrogens (tertiary/aromatic N) is 1. The molecule has 2 aromatic rings. The van der Waals surface area contributed by atoms with Gasteiger partial charge in [-0.05, 0) is 30.7 Å². The van der Waals surface area contributed by atoms with Gasteiger partial charge in [0.2, 0.25) is 0 Å². The maximum Gasteiger partial charge on any atom is 0.128 e. The molecule has 2 nitrogen and oxygen atoms in total. The highest BCUT2D eigenvalue weighted by atomic mass is 15.1. The molecule has 0 unspecified atom stereocenters. The van der Waals surface area contributed by atoms with Crippen LogP contribution in [0, 0.1) is 5.41 Å². The summed E-state index contributed by atoms with van der Waals surface area (Å²) in [7, 11) is 0. The van der Waals surface area contributed by atoms with Gasteiger partial charge >= 0.3 is 0 Å². The van der Waals surface area contributed by atoms with Crippen LogP contribution in [0.5, 0.6) is 0 Å². The van der Waals surface area contributed by atoms with Crippen LogP contribution in [-0.4, -0.2) is 23.8 Å². The van der Waals surface area contributed by atoms with Gasteiger partial charge in [-0.2, -0.15) is 0 Å². The van der Waals surface area contributed by atoms with Crippen molar-refractivity contribution < 1.29 is 0 Å². The Hall–Kier alpha value is -1.83. The monoisotopic (exact) mass is 226 g/mol. The van der Waals surface area contributed by atoms with Gasteiger partial charge in [0.05, 0.1) is 0 Å². The largest absolute Gasteiger partial charge is 0.357 e. The number of benzene rings is 2. The van der Waals surface area contributed by atoms with Crippen molar-refractivity contribution in [3.63, 3.8) is 0 Å². The van der Waals surface area contributed by atoms with Crippen molar-refractivity contribution in [2.24, 2.45) is 0 Å². The molecule has 2 aromatic carbocycles. The van der Waals surface area contributed by atoms with Crippen LogP contribution >= 0.6 is 0 Å². The summed E-state index contributed by atoms with van der Waals surface area (Å²) in [4.78, 5) is 2.06. The van der Waals surface area contributed by atoms with Gasteiger partial charge in [-0.3, -0.25) is 5.41 Å². The summed E-state index contributed by atoms with van der Waals surface area (Å²) < 4.78 is 0. The third kappa shape index (κ3) is 2.31. The summed E-state index contributed by atoms with van der Waals surface area (Å²) in [6, 6.07) is 14.5. The lowest BCUT2D eigenvalue weighted by molar-refractivity contribution is 0.463. The van der Waals surface area contributed by atoms with Crippen LogP contribution in [-0.2, 0) is 0 Å². The van der Waals surface area contributed by atoms with Gasteiger partial charge in [0.1, 0.15) is 5.84 Å². The summed E-state index contributed by atoms with van der Waals surface area (Å²) in [6.07, 6.45) is 0. The van der Waals surface area contributed by atoms with Gasteiger partial charge in [-0.1, -0.05) is 36.4 Å². The van der Waals surface area contributed by atoms with Gasteiger partial charge in [-0.15, -0.1) is 0 Å². The molecule has 0 fully saturated rings. The van der Waals surface area contributed by atoms with Crippen LogP contribution in [0.15, 0.2) is 42.5 Å². The molecule has 2 rings (SSSR count). The highest BCUT2D eigenvalue weighted by Crippen LogP contribution is 2.16. The molecule has 0 atom stereocenters. The van der Waals surface area contributed by atoms with Crippen LogP contribution in [0.2, 0.25) is 0 Å². The Morgan fingerprint density at radius 3 is 2.29 bits per heavy atom. The molecule has 1 N–H and O–H groups in total. The molecule has 0 saturated carbocycles. The second kappa shape index (κ2) is 5.00. The van der Waals surface area contributed by atoms with E-state index in [2.05, 4.69) is 43.0 Å². The molecular formula is C15H18N2. The molecule has 0 heterocycles. The smallest absolute Gasteiger partial charge is 0.128 e. The Morgan fingerprint density at radius 2 is 1.65 bits per heavy atom. The predicted octanol–water partition coefficient (Wildman–Crippen LogP) is 3.51. The first kappa shape index (κ1) is 11.6. The summed E-state index contributed by atoms with van der Waals surface area (Å²) in [5.74, 6) is 0.612.